The van der Waals surface area contributed by atoms with Crippen molar-refractivity contribution >= 4 is 22.4 Å². The third-order valence-electron chi connectivity index (χ3n) is 7.75. The van der Waals surface area contributed by atoms with Crippen molar-refractivity contribution in [1.82, 2.24) is 14.5 Å². The zero-order valence-corrected chi connectivity index (χ0v) is 21.0. The predicted octanol–water partition coefficient (Wildman–Crippen LogP) is 4.67. The minimum absolute atomic E-state index is 0.0283. The van der Waals surface area contributed by atoms with Crippen LogP contribution >= 0.6 is 0 Å². The van der Waals surface area contributed by atoms with Crippen LogP contribution in [-0.4, -0.2) is 46.2 Å². The monoisotopic (exact) mass is 510 g/mol. The lowest BCUT2D eigenvalue weighted by Gasteiger charge is -2.52. The number of nitrogens with zero attached hydrogens (tertiary/aromatic N) is 5. The molecule has 0 saturated carbocycles. The Hall–Kier alpha value is -3.58. The molecule has 0 unspecified atom stereocenters. The van der Waals surface area contributed by atoms with E-state index in [0.717, 1.165) is 36.2 Å². The zero-order valence-electron chi connectivity index (χ0n) is 21.0. The second-order valence-electron chi connectivity index (χ2n) is 9.75. The molecule has 2 aliphatic heterocycles. The average molecular weight is 511 g/mol. The van der Waals surface area contributed by atoms with Gasteiger partial charge < -0.3 is 14.8 Å². The SMILES string of the molecule is CC[C@@H]1CN2c3c(c(=O)n(C)c4ccc(C#N)nc34)NC[C@@H]2CN1[C@@H](CC)c1ccc(C(F)(F)F)cc1. The number of aryl methyl sites for hydroxylation is 1. The van der Waals surface area contributed by atoms with E-state index in [4.69, 9.17) is 0 Å². The minimum atomic E-state index is -4.36. The van der Waals surface area contributed by atoms with Crippen LogP contribution < -0.4 is 15.8 Å². The summed E-state index contributed by atoms with van der Waals surface area (Å²) in [5.41, 5.74) is 2.87. The van der Waals surface area contributed by atoms with Gasteiger partial charge in [0.2, 0.25) is 0 Å². The second-order valence-corrected chi connectivity index (χ2v) is 9.75. The number of hydrogen-bond donors (Lipinski definition) is 1. The molecule has 7 nitrogen and oxygen atoms in total. The Bertz CT molecular complexity index is 1430. The maximum atomic E-state index is 13.2. The van der Waals surface area contributed by atoms with Gasteiger partial charge in [0, 0.05) is 38.8 Å². The molecule has 2 aromatic heterocycles. The topological polar surface area (TPSA) is 77.2 Å². The first-order valence-electron chi connectivity index (χ1n) is 12.5. The number of nitrogens with one attached hydrogen (secondary N) is 1. The summed E-state index contributed by atoms with van der Waals surface area (Å²) in [6, 6.07) is 11.1. The predicted molar refractivity (Wildman–Crippen MR) is 137 cm³/mol. The Balaban J connectivity index is 1.53. The quantitative estimate of drug-likeness (QED) is 0.550. The second kappa shape index (κ2) is 9.38. The molecule has 4 heterocycles. The van der Waals surface area contributed by atoms with E-state index in [1.54, 1.807) is 35.9 Å². The highest BCUT2D eigenvalue weighted by molar-refractivity contribution is 5.97. The number of rotatable bonds is 4. The molecule has 1 fully saturated rings. The first kappa shape index (κ1) is 25.1. The average Bonchev–Trinajstić information content (AvgIpc) is 2.90. The van der Waals surface area contributed by atoms with Crippen LogP contribution in [0.2, 0.25) is 0 Å². The Morgan fingerprint density at radius 1 is 1.16 bits per heavy atom. The molecule has 0 amide bonds. The molecular weight excluding hydrogens is 481 g/mol. The number of nitriles is 1. The van der Waals surface area contributed by atoms with Crippen molar-refractivity contribution in [2.75, 3.05) is 29.9 Å². The van der Waals surface area contributed by atoms with Crippen LogP contribution in [0.15, 0.2) is 41.2 Å². The lowest BCUT2D eigenvalue weighted by Crippen LogP contribution is -2.62. The summed E-state index contributed by atoms with van der Waals surface area (Å²) in [5, 5.41) is 12.8. The molecule has 1 aromatic carbocycles. The van der Waals surface area contributed by atoms with Gasteiger partial charge in [-0.3, -0.25) is 9.69 Å². The Labute approximate surface area is 213 Å². The fourth-order valence-electron chi connectivity index (χ4n) is 5.84. The molecule has 0 radical (unpaired) electrons. The first-order valence-corrected chi connectivity index (χ1v) is 12.5. The summed E-state index contributed by atoms with van der Waals surface area (Å²) in [7, 11) is 1.70. The summed E-state index contributed by atoms with van der Waals surface area (Å²) in [4.78, 5) is 22.4. The number of alkyl halides is 3. The van der Waals surface area contributed by atoms with Gasteiger partial charge in [0.1, 0.15) is 23.0 Å². The zero-order chi connectivity index (χ0) is 26.5. The number of benzene rings is 1. The van der Waals surface area contributed by atoms with Gasteiger partial charge in [0.05, 0.1) is 22.8 Å². The number of aromatic nitrogens is 2. The highest BCUT2D eigenvalue weighted by Crippen LogP contribution is 2.40. The van der Waals surface area contributed by atoms with Crippen LogP contribution in [0.3, 0.4) is 0 Å². The van der Waals surface area contributed by atoms with Gasteiger partial charge in [-0.1, -0.05) is 26.0 Å². The van der Waals surface area contributed by atoms with E-state index in [1.807, 2.05) is 0 Å². The third kappa shape index (κ3) is 4.21. The Morgan fingerprint density at radius 2 is 1.89 bits per heavy atom. The van der Waals surface area contributed by atoms with Crippen LogP contribution in [0, 0.1) is 11.3 Å². The van der Waals surface area contributed by atoms with Gasteiger partial charge in [0.15, 0.2) is 0 Å². The first-order chi connectivity index (χ1) is 17.7. The van der Waals surface area contributed by atoms with Gasteiger partial charge in [-0.15, -0.1) is 0 Å². The molecule has 10 heteroatoms. The van der Waals surface area contributed by atoms with Crippen molar-refractivity contribution in [2.24, 2.45) is 7.05 Å². The minimum Gasteiger partial charge on any atom is -0.377 e. The van der Waals surface area contributed by atoms with E-state index in [-0.39, 0.29) is 29.4 Å². The molecule has 1 N–H and O–H groups in total. The molecule has 0 aliphatic carbocycles. The van der Waals surface area contributed by atoms with E-state index in [2.05, 4.69) is 40.0 Å². The van der Waals surface area contributed by atoms with Crippen LogP contribution in [0.5, 0.6) is 0 Å². The number of hydrogen-bond acceptors (Lipinski definition) is 6. The molecular formula is C27H29F3N6O. The van der Waals surface area contributed by atoms with Crippen molar-refractivity contribution in [3.63, 3.8) is 0 Å². The molecule has 37 heavy (non-hydrogen) atoms. The number of fused-ring (bicyclic) bond motifs is 5. The maximum absolute atomic E-state index is 13.2. The van der Waals surface area contributed by atoms with E-state index < -0.39 is 11.7 Å². The summed E-state index contributed by atoms with van der Waals surface area (Å²) in [6.45, 7) is 6.05. The van der Waals surface area contributed by atoms with Crippen molar-refractivity contribution in [3.8, 4) is 6.07 Å². The Morgan fingerprint density at radius 3 is 2.51 bits per heavy atom. The fraction of sp³-hybridized carbons (Fsp3) is 0.444. The smallest absolute Gasteiger partial charge is 0.377 e. The standard InChI is InChI=1S/C27H29F3N6O/c1-4-19-14-36-20(15-35(19)21(5-2)16-6-8-17(9-7-16)27(28,29)30)13-32-24-25(36)23-22(34(3)26(24)37)11-10-18(12-31)33-23/h6-11,19-21,32H,4-5,13-15H2,1-3H3/t19-,20-,21+/m1/s1. The highest BCUT2D eigenvalue weighted by atomic mass is 19.4. The lowest BCUT2D eigenvalue weighted by molar-refractivity contribution is -0.137. The molecule has 0 bridgehead atoms. The number of pyridine rings is 2. The van der Waals surface area contributed by atoms with E-state index >= 15 is 0 Å². The van der Waals surface area contributed by atoms with Gasteiger partial charge in [-0.25, -0.2) is 4.98 Å². The number of piperazine rings is 1. The Kier molecular flexibility index (Phi) is 6.36. The van der Waals surface area contributed by atoms with Gasteiger partial charge in [0.25, 0.3) is 5.56 Å². The third-order valence-corrected chi connectivity index (χ3v) is 7.75. The van der Waals surface area contributed by atoms with Crippen molar-refractivity contribution in [2.45, 2.75) is 51.0 Å². The van der Waals surface area contributed by atoms with Crippen molar-refractivity contribution in [3.05, 3.63) is 63.6 Å². The van der Waals surface area contributed by atoms with E-state index in [0.29, 0.717) is 36.4 Å². The van der Waals surface area contributed by atoms with Crippen LogP contribution in [0.25, 0.3) is 11.0 Å². The molecule has 1 saturated heterocycles. The van der Waals surface area contributed by atoms with Crippen LogP contribution in [0.1, 0.15) is 49.6 Å². The molecule has 2 aliphatic rings. The van der Waals surface area contributed by atoms with Crippen molar-refractivity contribution < 1.29 is 13.2 Å². The molecule has 3 aromatic rings. The van der Waals surface area contributed by atoms with Crippen molar-refractivity contribution in [1.29, 1.82) is 5.26 Å². The van der Waals surface area contributed by atoms with Crippen LogP contribution in [-0.2, 0) is 13.2 Å². The van der Waals surface area contributed by atoms with Gasteiger partial charge in [-0.05, 0) is 42.7 Å². The van der Waals surface area contributed by atoms with Gasteiger partial charge in [-0.2, -0.15) is 18.4 Å². The number of anilines is 2. The summed E-state index contributed by atoms with van der Waals surface area (Å²) in [6.07, 6.45) is -2.77. The summed E-state index contributed by atoms with van der Waals surface area (Å²) >= 11 is 0. The fourth-order valence-corrected chi connectivity index (χ4v) is 5.84. The summed E-state index contributed by atoms with van der Waals surface area (Å²) in [5.74, 6) is 0. The van der Waals surface area contributed by atoms with E-state index in [1.165, 1.54) is 0 Å². The van der Waals surface area contributed by atoms with Gasteiger partial charge >= 0.3 is 6.18 Å². The summed E-state index contributed by atoms with van der Waals surface area (Å²) < 4.78 is 40.9. The lowest BCUT2D eigenvalue weighted by atomic mass is 9.93. The van der Waals surface area contributed by atoms with Crippen LogP contribution in [0.4, 0.5) is 24.5 Å². The molecule has 5 rings (SSSR count). The molecule has 3 atom stereocenters. The van der Waals surface area contributed by atoms with E-state index in [9.17, 15) is 23.2 Å². The highest BCUT2D eigenvalue weighted by Gasteiger charge is 2.41. The number of halogens is 3. The molecule has 0 spiro atoms. The maximum Gasteiger partial charge on any atom is 0.416 e. The largest absolute Gasteiger partial charge is 0.416 e. The molecule has 194 valence electrons. The normalized spacial score (nSPS) is 20.6.